The number of para-hydroxylation sites is 2. The van der Waals surface area contributed by atoms with Crippen molar-refractivity contribution < 1.29 is 18.3 Å². The fraction of sp³-hybridized carbons (Fsp3) is 0.125. The van der Waals surface area contributed by atoms with Gasteiger partial charge in [0.05, 0.1) is 45.3 Å². The molecule has 0 radical (unpaired) electrons. The number of nitrogens with zero attached hydrogens (tertiary/aromatic N) is 4. The standard InChI is InChI=1S/C64H44N4O4/c1-63(2)27-28-64(3,4)60-59(63)45(35-65)46(36-66)61(67-47-25-23-39(37-15-7-5-8-16-37)29-55(47)71-57-33-53-43(31-49(57)67)41-19-11-13-21-51(41)69-53)62(60)68-48-26-24-40(38-17-9-6-10-18-38)30-56(48)72-58-34-54-44(32-50(58)68)42-20-12-14-22-52(42)70-54/h5-26,29-34H,27-28H2,1-4H3. The quantitative estimate of drug-likeness (QED) is 0.172. The molecule has 8 nitrogen and oxygen atoms in total. The summed E-state index contributed by atoms with van der Waals surface area (Å²) in [5.74, 6) is 2.37. The van der Waals surface area contributed by atoms with Crippen LogP contribution in [0, 0.1) is 22.7 Å². The molecule has 0 bridgehead atoms. The second-order valence-corrected chi connectivity index (χ2v) is 20.5. The zero-order chi connectivity index (χ0) is 48.6. The SMILES string of the molecule is CC1(C)CCC(C)(C)c2c(N3c4ccc(-c5ccccc5)cc4Oc4cc5oc6ccccc6c5cc43)c(N3c4ccc(-c5ccccc5)cc4Oc4cc5oc6ccccc6c5cc43)c(C#N)c(C#N)c21. The number of benzene rings is 9. The number of nitriles is 2. The Morgan fingerprint density at radius 1 is 0.389 bits per heavy atom. The van der Waals surface area contributed by atoms with Gasteiger partial charge in [-0.3, -0.25) is 0 Å². The van der Waals surface area contributed by atoms with Gasteiger partial charge in [-0.2, -0.15) is 10.5 Å². The van der Waals surface area contributed by atoms with Gasteiger partial charge in [-0.05, 0) is 106 Å². The molecule has 72 heavy (non-hydrogen) atoms. The van der Waals surface area contributed by atoms with Crippen LogP contribution in [0.15, 0.2) is 179 Å². The van der Waals surface area contributed by atoms with Gasteiger partial charge in [-0.15, -0.1) is 0 Å². The lowest BCUT2D eigenvalue weighted by Crippen LogP contribution is -2.38. The third-order valence-corrected chi connectivity index (χ3v) is 15.3. The lowest BCUT2D eigenvalue weighted by Gasteiger charge is -2.48. The van der Waals surface area contributed by atoms with E-state index in [1.54, 1.807) is 0 Å². The van der Waals surface area contributed by atoms with Crippen molar-refractivity contribution in [3.63, 3.8) is 0 Å². The molecule has 0 atom stereocenters. The highest BCUT2D eigenvalue weighted by Crippen LogP contribution is 2.65. The molecule has 14 rings (SSSR count). The van der Waals surface area contributed by atoms with E-state index in [9.17, 15) is 10.5 Å². The van der Waals surface area contributed by atoms with Crippen molar-refractivity contribution in [2.24, 2.45) is 0 Å². The third kappa shape index (κ3) is 6.03. The van der Waals surface area contributed by atoms with Crippen LogP contribution in [0.25, 0.3) is 66.1 Å². The summed E-state index contributed by atoms with van der Waals surface area (Å²) < 4.78 is 27.2. The first-order valence-corrected chi connectivity index (χ1v) is 24.4. The van der Waals surface area contributed by atoms with E-state index >= 15 is 0 Å². The van der Waals surface area contributed by atoms with Crippen molar-refractivity contribution in [2.75, 3.05) is 9.80 Å². The highest BCUT2D eigenvalue weighted by Gasteiger charge is 2.48. The summed E-state index contributed by atoms with van der Waals surface area (Å²) in [6.07, 6.45) is 1.65. The first kappa shape index (κ1) is 41.7. The van der Waals surface area contributed by atoms with Crippen LogP contribution in [0.5, 0.6) is 23.0 Å². The maximum absolute atomic E-state index is 12.0. The summed E-state index contributed by atoms with van der Waals surface area (Å²) in [5, 5.41) is 27.4. The number of fused-ring (bicyclic) bond motifs is 11. The molecule has 8 heteroatoms. The average Bonchev–Trinajstić information content (AvgIpc) is 3.96. The Kier molecular flexibility index (Phi) is 8.76. The van der Waals surface area contributed by atoms with E-state index in [0.29, 0.717) is 56.8 Å². The second-order valence-electron chi connectivity index (χ2n) is 20.5. The molecular formula is C64H44N4O4. The summed E-state index contributed by atoms with van der Waals surface area (Å²) in [4.78, 5) is 4.48. The second kappa shape index (κ2) is 15.1. The van der Waals surface area contributed by atoms with Crippen LogP contribution >= 0.6 is 0 Å². The average molecular weight is 933 g/mol. The Bertz CT molecular complexity index is 4210. The third-order valence-electron chi connectivity index (χ3n) is 15.3. The predicted molar refractivity (Wildman–Crippen MR) is 286 cm³/mol. The maximum atomic E-state index is 12.0. The van der Waals surface area contributed by atoms with Gasteiger partial charge in [0.15, 0.2) is 23.0 Å². The van der Waals surface area contributed by atoms with Gasteiger partial charge < -0.3 is 28.1 Å². The largest absolute Gasteiger partial charge is 0.456 e. The van der Waals surface area contributed by atoms with Gasteiger partial charge in [-0.25, -0.2) is 0 Å². The molecule has 0 N–H and O–H groups in total. The van der Waals surface area contributed by atoms with E-state index in [-0.39, 0.29) is 5.56 Å². The van der Waals surface area contributed by atoms with Gasteiger partial charge in [0.25, 0.3) is 0 Å². The summed E-state index contributed by atoms with van der Waals surface area (Å²) in [5.41, 5.74) is 12.8. The molecule has 0 fully saturated rings. The molecule has 1 aliphatic carbocycles. The van der Waals surface area contributed by atoms with Crippen molar-refractivity contribution in [1.29, 1.82) is 10.5 Å². The molecular weight excluding hydrogens is 889 g/mol. The van der Waals surface area contributed by atoms with E-state index in [4.69, 9.17) is 18.3 Å². The fourth-order valence-electron chi connectivity index (χ4n) is 11.7. The van der Waals surface area contributed by atoms with Crippen molar-refractivity contribution in [1.82, 2.24) is 0 Å². The first-order chi connectivity index (χ1) is 35.1. The van der Waals surface area contributed by atoms with Crippen LogP contribution in [0.2, 0.25) is 0 Å². The topological polar surface area (TPSA) is 98.8 Å². The number of hydrogen-bond acceptors (Lipinski definition) is 8. The Morgan fingerprint density at radius 3 is 1.31 bits per heavy atom. The minimum Gasteiger partial charge on any atom is -0.456 e. The zero-order valence-corrected chi connectivity index (χ0v) is 40.0. The molecule has 9 aromatic carbocycles. The van der Waals surface area contributed by atoms with E-state index in [1.807, 2.05) is 84.9 Å². The van der Waals surface area contributed by atoms with Gasteiger partial charge in [0, 0.05) is 33.7 Å². The Balaban J connectivity index is 1.16. The lowest BCUT2D eigenvalue weighted by atomic mass is 9.60. The first-order valence-electron chi connectivity index (χ1n) is 24.4. The fourth-order valence-corrected chi connectivity index (χ4v) is 11.7. The van der Waals surface area contributed by atoms with Crippen LogP contribution in [-0.2, 0) is 10.8 Å². The Hall–Kier alpha value is -9.24. The summed E-state index contributed by atoms with van der Waals surface area (Å²) in [7, 11) is 0. The summed E-state index contributed by atoms with van der Waals surface area (Å²) in [6, 6.07) is 62.9. The number of anilines is 6. The van der Waals surface area contributed by atoms with Gasteiger partial charge >= 0.3 is 0 Å². The van der Waals surface area contributed by atoms with E-state index in [0.717, 1.165) is 96.0 Å². The molecule has 3 aliphatic rings. The molecule has 0 saturated carbocycles. The number of ether oxygens (including phenoxy) is 2. The van der Waals surface area contributed by atoms with E-state index < -0.39 is 10.8 Å². The number of rotatable bonds is 4. The van der Waals surface area contributed by atoms with Crippen LogP contribution in [0.4, 0.5) is 34.1 Å². The van der Waals surface area contributed by atoms with Crippen molar-refractivity contribution in [3.05, 3.63) is 192 Å². The van der Waals surface area contributed by atoms with E-state index in [2.05, 4.69) is 135 Å². The van der Waals surface area contributed by atoms with Crippen molar-refractivity contribution in [2.45, 2.75) is 51.4 Å². The molecule has 0 spiro atoms. The molecule has 2 aliphatic heterocycles. The molecule has 4 heterocycles. The Labute approximate surface area is 415 Å². The van der Waals surface area contributed by atoms with Gasteiger partial charge in [-0.1, -0.05) is 137 Å². The van der Waals surface area contributed by atoms with Crippen molar-refractivity contribution in [3.8, 4) is 57.4 Å². The summed E-state index contributed by atoms with van der Waals surface area (Å²) >= 11 is 0. The number of hydrogen-bond donors (Lipinski definition) is 0. The zero-order valence-electron chi connectivity index (χ0n) is 40.0. The maximum Gasteiger partial charge on any atom is 0.155 e. The van der Waals surface area contributed by atoms with Crippen molar-refractivity contribution >= 4 is 78.0 Å². The molecule has 2 aromatic heterocycles. The van der Waals surface area contributed by atoms with Crippen LogP contribution < -0.4 is 19.3 Å². The Morgan fingerprint density at radius 2 is 0.819 bits per heavy atom. The molecule has 11 aromatic rings. The highest BCUT2D eigenvalue weighted by molar-refractivity contribution is 6.12. The smallest absolute Gasteiger partial charge is 0.155 e. The van der Waals surface area contributed by atoms with Crippen LogP contribution in [0.1, 0.15) is 62.8 Å². The van der Waals surface area contributed by atoms with Crippen LogP contribution in [-0.4, -0.2) is 0 Å². The normalized spacial score (nSPS) is 14.9. The highest BCUT2D eigenvalue weighted by atomic mass is 16.5. The molecule has 0 unspecified atom stereocenters. The number of furan rings is 2. The minimum absolute atomic E-state index is 0.269. The minimum atomic E-state index is -0.497. The lowest BCUT2D eigenvalue weighted by molar-refractivity contribution is 0.332. The molecule has 0 saturated heterocycles. The van der Waals surface area contributed by atoms with Gasteiger partial charge in [0.2, 0.25) is 0 Å². The molecule has 344 valence electrons. The molecule has 0 amide bonds. The monoisotopic (exact) mass is 932 g/mol. The van der Waals surface area contributed by atoms with Gasteiger partial charge in [0.1, 0.15) is 34.5 Å². The van der Waals surface area contributed by atoms with Crippen LogP contribution in [0.3, 0.4) is 0 Å². The van der Waals surface area contributed by atoms with E-state index in [1.165, 1.54) is 0 Å². The predicted octanol–water partition coefficient (Wildman–Crippen LogP) is 18.1. The summed E-state index contributed by atoms with van der Waals surface area (Å²) in [6.45, 7) is 8.99.